The zero-order chi connectivity index (χ0) is 19.8. The summed E-state index contributed by atoms with van der Waals surface area (Å²) in [6.45, 7) is 5.37. The smallest absolute Gasteiger partial charge is 0.0650 e. The standard InChI is InChI=1S/C26H35NO/c1-3-16-26(28,17-4-2)18-14-23-10-7-9-22(21-23)11-8-19-27-20-15-24-12-5-6-13-25(24)27/h5-7,9-10,12-13,15,20-21,28H,3-4,8,11,14,16-19H2,1-2H3. The van der Waals surface area contributed by atoms with E-state index in [0.29, 0.717) is 0 Å². The van der Waals surface area contributed by atoms with Crippen LogP contribution in [0.1, 0.15) is 63.5 Å². The molecular weight excluding hydrogens is 342 g/mol. The van der Waals surface area contributed by atoms with Crippen LogP contribution in [-0.2, 0) is 19.4 Å². The number of rotatable bonds is 11. The predicted octanol–water partition coefficient (Wildman–Crippen LogP) is 6.54. The molecule has 0 aliphatic heterocycles. The quantitative estimate of drug-likeness (QED) is 0.403. The van der Waals surface area contributed by atoms with Crippen molar-refractivity contribution in [3.63, 3.8) is 0 Å². The van der Waals surface area contributed by atoms with Crippen LogP contribution in [0.25, 0.3) is 10.9 Å². The summed E-state index contributed by atoms with van der Waals surface area (Å²) in [5.41, 5.74) is 3.59. The van der Waals surface area contributed by atoms with E-state index in [9.17, 15) is 5.11 Å². The third-order valence-corrected chi connectivity index (χ3v) is 5.85. The highest BCUT2D eigenvalue weighted by Crippen LogP contribution is 2.26. The van der Waals surface area contributed by atoms with Crippen molar-refractivity contribution in [2.75, 3.05) is 0 Å². The molecule has 3 aromatic rings. The number of fused-ring (bicyclic) bond motifs is 1. The molecule has 3 rings (SSSR count). The van der Waals surface area contributed by atoms with Crippen molar-refractivity contribution in [3.05, 3.63) is 71.9 Å². The van der Waals surface area contributed by atoms with Crippen LogP contribution in [0, 0.1) is 0 Å². The second kappa shape index (κ2) is 9.93. The first-order chi connectivity index (χ1) is 13.6. The Morgan fingerprint density at radius 2 is 1.54 bits per heavy atom. The molecule has 0 aliphatic carbocycles. The van der Waals surface area contributed by atoms with Gasteiger partial charge in [-0.25, -0.2) is 0 Å². The first kappa shape index (κ1) is 20.7. The number of aliphatic hydroxyl groups is 1. The van der Waals surface area contributed by atoms with Crippen molar-refractivity contribution >= 4 is 10.9 Å². The first-order valence-electron chi connectivity index (χ1n) is 11.0. The molecule has 0 saturated heterocycles. The Bertz CT molecular complexity index is 858. The molecule has 1 heterocycles. The third kappa shape index (κ3) is 5.48. The number of hydrogen-bond donors (Lipinski definition) is 1. The van der Waals surface area contributed by atoms with Gasteiger partial charge in [0.05, 0.1) is 5.60 Å². The van der Waals surface area contributed by atoms with Crippen molar-refractivity contribution in [2.24, 2.45) is 0 Å². The monoisotopic (exact) mass is 377 g/mol. The molecule has 150 valence electrons. The van der Waals surface area contributed by atoms with Crippen molar-refractivity contribution < 1.29 is 5.11 Å². The zero-order valence-electron chi connectivity index (χ0n) is 17.5. The summed E-state index contributed by atoms with van der Waals surface area (Å²) < 4.78 is 2.36. The Balaban J connectivity index is 1.54. The average Bonchev–Trinajstić information content (AvgIpc) is 3.11. The van der Waals surface area contributed by atoms with Gasteiger partial charge in [0.1, 0.15) is 0 Å². The minimum atomic E-state index is -0.491. The molecule has 0 saturated carbocycles. The molecule has 0 atom stereocenters. The van der Waals surface area contributed by atoms with Gasteiger partial charge in [-0.2, -0.15) is 0 Å². The molecule has 1 aromatic heterocycles. The summed E-state index contributed by atoms with van der Waals surface area (Å²) in [5, 5.41) is 12.2. The van der Waals surface area contributed by atoms with Crippen molar-refractivity contribution in [1.29, 1.82) is 0 Å². The number of aromatic nitrogens is 1. The van der Waals surface area contributed by atoms with Crippen LogP contribution in [0.2, 0.25) is 0 Å². The van der Waals surface area contributed by atoms with Gasteiger partial charge in [-0.15, -0.1) is 0 Å². The van der Waals surface area contributed by atoms with Gasteiger partial charge in [0.2, 0.25) is 0 Å². The molecule has 0 aliphatic rings. The van der Waals surface area contributed by atoms with E-state index in [-0.39, 0.29) is 0 Å². The van der Waals surface area contributed by atoms with Crippen LogP contribution in [-0.4, -0.2) is 15.3 Å². The normalized spacial score (nSPS) is 12.0. The van der Waals surface area contributed by atoms with E-state index < -0.39 is 5.60 Å². The van der Waals surface area contributed by atoms with Crippen molar-refractivity contribution in [3.8, 4) is 0 Å². The SMILES string of the molecule is CCCC(O)(CCC)CCc1cccc(CCCn2ccc3ccccc32)c1. The highest BCUT2D eigenvalue weighted by Gasteiger charge is 2.24. The minimum absolute atomic E-state index is 0.491. The van der Waals surface area contributed by atoms with E-state index in [1.54, 1.807) is 0 Å². The Hall–Kier alpha value is -2.06. The zero-order valence-corrected chi connectivity index (χ0v) is 17.5. The van der Waals surface area contributed by atoms with E-state index in [4.69, 9.17) is 0 Å². The van der Waals surface area contributed by atoms with E-state index in [2.05, 4.69) is 79.2 Å². The van der Waals surface area contributed by atoms with Gasteiger partial charge in [0, 0.05) is 18.3 Å². The Morgan fingerprint density at radius 3 is 2.29 bits per heavy atom. The Morgan fingerprint density at radius 1 is 0.821 bits per heavy atom. The Labute approximate surface area is 170 Å². The van der Waals surface area contributed by atoms with Gasteiger partial charge < -0.3 is 9.67 Å². The third-order valence-electron chi connectivity index (χ3n) is 5.85. The number of nitrogens with zero attached hydrogens (tertiary/aromatic N) is 1. The number of hydrogen-bond acceptors (Lipinski definition) is 1. The van der Waals surface area contributed by atoms with Gasteiger partial charge in [-0.1, -0.05) is 69.2 Å². The molecule has 2 aromatic carbocycles. The van der Waals surface area contributed by atoms with Crippen molar-refractivity contribution in [2.45, 2.75) is 77.4 Å². The summed E-state index contributed by atoms with van der Waals surface area (Å²) >= 11 is 0. The largest absolute Gasteiger partial charge is 0.390 e. The van der Waals surface area contributed by atoms with Crippen LogP contribution in [0.3, 0.4) is 0 Å². The van der Waals surface area contributed by atoms with Crippen LogP contribution >= 0.6 is 0 Å². The first-order valence-corrected chi connectivity index (χ1v) is 11.0. The fraction of sp³-hybridized carbons (Fsp3) is 0.462. The van der Waals surface area contributed by atoms with Gasteiger partial charge in [0.15, 0.2) is 0 Å². The summed E-state index contributed by atoms with van der Waals surface area (Å²) in [6, 6.07) is 19.7. The van der Waals surface area contributed by atoms with E-state index in [1.165, 1.54) is 22.0 Å². The van der Waals surface area contributed by atoms with Crippen LogP contribution < -0.4 is 0 Å². The van der Waals surface area contributed by atoms with Crippen LogP contribution in [0.5, 0.6) is 0 Å². The maximum absolute atomic E-state index is 10.9. The molecular formula is C26H35NO. The van der Waals surface area contributed by atoms with Crippen molar-refractivity contribution in [1.82, 2.24) is 4.57 Å². The summed E-state index contributed by atoms with van der Waals surface area (Å²) in [4.78, 5) is 0. The molecule has 0 unspecified atom stereocenters. The summed E-state index contributed by atoms with van der Waals surface area (Å²) in [5.74, 6) is 0. The lowest BCUT2D eigenvalue weighted by Crippen LogP contribution is -2.28. The lowest BCUT2D eigenvalue weighted by Gasteiger charge is -2.27. The molecule has 0 bridgehead atoms. The molecule has 0 spiro atoms. The molecule has 2 nitrogen and oxygen atoms in total. The van der Waals surface area contributed by atoms with Gasteiger partial charge in [0.25, 0.3) is 0 Å². The number of benzene rings is 2. The fourth-order valence-corrected chi connectivity index (χ4v) is 4.41. The lowest BCUT2D eigenvalue weighted by atomic mass is 9.86. The van der Waals surface area contributed by atoms with Crippen LogP contribution in [0.4, 0.5) is 0 Å². The number of aryl methyl sites for hydroxylation is 3. The molecule has 0 radical (unpaired) electrons. The molecule has 2 heteroatoms. The average molecular weight is 378 g/mol. The highest BCUT2D eigenvalue weighted by atomic mass is 16.3. The predicted molar refractivity (Wildman–Crippen MR) is 120 cm³/mol. The molecule has 28 heavy (non-hydrogen) atoms. The van der Waals surface area contributed by atoms with E-state index in [1.807, 2.05) is 0 Å². The second-order valence-electron chi connectivity index (χ2n) is 8.22. The summed E-state index contributed by atoms with van der Waals surface area (Å²) in [7, 11) is 0. The topological polar surface area (TPSA) is 25.2 Å². The minimum Gasteiger partial charge on any atom is -0.390 e. The lowest BCUT2D eigenvalue weighted by molar-refractivity contribution is 0.0132. The van der Waals surface area contributed by atoms with Crippen LogP contribution in [0.15, 0.2) is 60.8 Å². The van der Waals surface area contributed by atoms with Gasteiger partial charge in [-0.05, 0) is 67.2 Å². The van der Waals surface area contributed by atoms with E-state index in [0.717, 1.165) is 57.9 Å². The molecule has 1 N–H and O–H groups in total. The second-order valence-corrected chi connectivity index (χ2v) is 8.22. The summed E-state index contributed by atoms with van der Waals surface area (Å²) in [6.07, 6.45) is 10.2. The van der Waals surface area contributed by atoms with E-state index >= 15 is 0 Å². The number of para-hydroxylation sites is 1. The highest BCUT2D eigenvalue weighted by molar-refractivity contribution is 5.79. The fourth-order valence-electron chi connectivity index (χ4n) is 4.41. The Kier molecular flexibility index (Phi) is 7.33. The molecule has 0 amide bonds. The molecule has 0 fully saturated rings. The maximum Gasteiger partial charge on any atom is 0.0650 e. The maximum atomic E-state index is 10.9. The van der Waals surface area contributed by atoms with Gasteiger partial charge >= 0.3 is 0 Å². The van der Waals surface area contributed by atoms with Gasteiger partial charge in [-0.3, -0.25) is 0 Å².